The summed E-state index contributed by atoms with van der Waals surface area (Å²) in [6.07, 6.45) is 7.33. The van der Waals surface area contributed by atoms with Crippen LogP contribution in [0.4, 0.5) is 0 Å². The van der Waals surface area contributed by atoms with E-state index in [9.17, 15) is 0 Å². The van der Waals surface area contributed by atoms with Gasteiger partial charge in [-0.05, 0) is 32.2 Å². The molecule has 0 rings (SSSR count). The first kappa shape index (κ1) is 10.7. The fraction of sp³-hybridized carbons (Fsp3) is 0.800. The number of unbranched alkanes of at least 4 members (excludes halogenated alkanes) is 2. The highest BCUT2D eigenvalue weighted by Crippen LogP contribution is 2.11. The zero-order valence-electron chi connectivity index (χ0n) is 7.73. The number of rotatable bonds is 7. The minimum Gasteiger partial charge on any atom is -0.330 e. The third kappa shape index (κ3) is 7.60. The quantitative estimate of drug-likeness (QED) is 0.444. The molecule has 0 aliphatic carbocycles. The molecule has 0 aliphatic rings. The Kier molecular flexibility index (Phi) is 7.59. The molecular weight excluding hydrogens is 134 g/mol. The average Bonchev–Trinajstić information content (AvgIpc) is 1.99. The predicted molar refractivity (Wildman–Crippen MR) is 51.6 cm³/mol. The molecule has 1 nitrogen and oxygen atoms in total. The summed E-state index contributed by atoms with van der Waals surface area (Å²) >= 11 is 0. The number of allylic oxidation sites excluding steroid dienone is 1. The van der Waals surface area contributed by atoms with Crippen LogP contribution in [0.2, 0.25) is 0 Å². The van der Waals surface area contributed by atoms with Crippen LogP contribution in [0.5, 0.6) is 0 Å². The second-order valence-electron chi connectivity index (χ2n) is 3.10. The molecule has 1 heteroatoms. The molecule has 0 aromatic carbocycles. The maximum Gasteiger partial charge on any atom is -0.00773 e. The Bertz CT molecular complexity index is 97.0. The van der Waals surface area contributed by atoms with E-state index in [0.29, 0.717) is 0 Å². The molecule has 0 heterocycles. The lowest BCUT2D eigenvalue weighted by Crippen LogP contribution is -1.97. The van der Waals surface area contributed by atoms with Gasteiger partial charge in [0.1, 0.15) is 0 Å². The first-order valence-electron chi connectivity index (χ1n) is 4.68. The molecule has 0 atom stereocenters. The lowest BCUT2D eigenvalue weighted by Gasteiger charge is -2.02. The van der Waals surface area contributed by atoms with Crippen molar-refractivity contribution in [3.8, 4) is 0 Å². The minimum absolute atomic E-state index is 0.834. The molecule has 11 heavy (non-hydrogen) atoms. The summed E-state index contributed by atoms with van der Waals surface area (Å²) in [7, 11) is 0. The van der Waals surface area contributed by atoms with Crippen LogP contribution in [0.25, 0.3) is 0 Å². The van der Waals surface area contributed by atoms with Crippen LogP contribution in [0, 0.1) is 0 Å². The van der Waals surface area contributed by atoms with Crippen LogP contribution in [-0.4, -0.2) is 6.54 Å². The Morgan fingerprint density at radius 2 is 1.91 bits per heavy atom. The van der Waals surface area contributed by atoms with E-state index in [1.807, 2.05) is 0 Å². The second kappa shape index (κ2) is 7.80. The van der Waals surface area contributed by atoms with Crippen molar-refractivity contribution >= 4 is 0 Å². The zero-order valence-corrected chi connectivity index (χ0v) is 7.73. The molecule has 0 bridgehead atoms. The van der Waals surface area contributed by atoms with Crippen molar-refractivity contribution in [1.29, 1.82) is 0 Å². The normalized spacial score (nSPS) is 10.0. The van der Waals surface area contributed by atoms with Gasteiger partial charge in [-0.15, -0.1) is 0 Å². The predicted octanol–water partition coefficient (Wildman–Crippen LogP) is 2.86. The second-order valence-corrected chi connectivity index (χ2v) is 3.10. The van der Waals surface area contributed by atoms with Crippen LogP contribution < -0.4 is 5.73 Å². The van der Waals surface area contributed by atoms with Crippen molar-refractivity contribution in [2.75, 3.05) is 6.54 Å². The first-order valence-corrected chi connectivity index (χ1v) is 4.68. The largest absolute Gasteiger partial charge is 0.330 e. The Balaban J connectivity index is 3.04. The van der Waals surface area contributed by atoms with Crippen LogP contribution in [0.3, 0.4) is 0 Å². The Morgan fingerprint density at radius 3 is 2.45 bits per heavy atom. The highest BCUT2D eigenvalue weighted by atomic mass is 14.5. The van der Waals surface area contributed by atoms with Crippen molar-refractivity contribution in [1.82, 2.24) is 0 Å². The van der Waals surface area contributed by atoms with Gasteiger partial charge in [-0.3, -0.25) is 0 Å². The van der Waals surface area contributed by atoms with Gasteiger partial charge in [-0.2, -0.15) is 0 Å². The van der Waals surface area contributed by atoms with Crippen LogP contribution in [0.1, 0.15) is 45.4 Å². The smallest absolute Gasteiger partial charge is 0.00773 e. The van der Waals surface area contributed by atoms with E-state index in [1.54, 1.807) is 0 Å². The molecule has 66 valence electrons. The van der Waals surface area contributed by atoms with Gasteiger partial charge in [-0.1, -0.05) is 31.9 Å². The van der Waals surface area contributed by atoms with E-state index in [1.165, 1.54) is 44.1 Å². The van der Waals surface area contributed by atoms with E-state index in [0.717, 1.165) is 6.54 Å². The molecule has 0 radical (unpaired) electrons. The first-order chi connectivity index (χ1) is 5.31. The van der Waals surface area contributed by atoms with Crippen LogP contribution in [-0.2, 0) is 0 Å². The van der Waals surface area contributed by atoms with Gasteiger partial charge in [-0.25, -0.2) is 0 Å². The van der Waals surface area contributed by atoms with Crippen molar-refractivity contribution < 1.29 is 0 Å². The summed E-state index contributed by atoms with van der Waals surface area (Å²) in [6.45, 7) is 7.04. The fourth-order valence-electron chi connectivity index (χ4n) is 1.17. The molecule has 0 saturated carbocycles. The SMILES string of the molecule is C=C(CCC)CCCCCN. The van der Waals surface area contributed by atoms with Gasteiger partial charge < -0.3 is 5.73 Å². The molecule has 0 amide bonds. The summed E-state index contributed by atoms with van der Waals surface area (Å²) < 4.78 is 0. The molecular formula is C10H21N. The molecule has 0 aliphatic heterocycles. The summed E-state index contributed by atoms with van der Waals surface area (Å²) in [6, 6.07) is 0. The molecule has 0 aromatic rings. The number of hydrogen-bond acceptors (Lipinski definition) is 1. The number of nitrogens with two attached hydrogens (primary N) is 1. The maximum atomic E-state index is 5.38. The molecule has 0 saturated heterocycles. The number of hydrogen-bond donors (Lipinski definition) is 1. The maximum absolute atomic E-state index is 5.38. The van der Waals surface area contributed by atoms with Gasteiger partial charge in [0, 0.05) is 0 Å². The highest BCUT2D eigenvalue weighted by Gasteiger charge is 1.92. The fourth-order valence-corrected chi connectivity index (χ4v) is 1.17. The van der Waals surface area contributed by atoms with Gasteiger partial charge in [0.25, 0.3) is 0 Å². The standard InChI is InChI=1S/C10H21N/c1-3-7-10(2)8-5-4-6-9-11/h2-9,11H2,1H3. The van der Waals surface area contributed by atoms with Crippen molar-refractivity contribution in [3.05, 3.63) is 12.2 Å². The van der Waals surface area contributed by atoms with Crippen LogP contribution in [0.15, 0.2) is 12.2 Å². The lowest BCUT2D eigenvalue weighted by atomic mass is 10.1. The van der Waals surface area contributed by atoms with E-state index in [2.05, 4.69) is 13.5 Å². The lowest BCUT2D eigenvalue weighted by molar-refractivity contribution is 0.669. The molecule has 0 fully saturated rings. The molecule has 0 unspecified atom stereocenters. The van der Waals surface area contributed by atoms with Gasteiger partial charge >= 0.3 is 0 Å². The van der Waals surface area contributed by atoms with Crippen molar-refractivity contribution in [2.45, 2.75) is 45.4 Å². The van der Waals surface area contributed by atoms with Gasteiger partial charge in [0.2, 0.25) is 0 Å². The average molecular weight is 155 g/mol. The van der Waals surface area contributed by atoms with Crippen molar-refractivity contribution in [2.24, 2.45) is 5.73 Å². The third-order valence-corrected chi connectivity index (χ3v) is 1.84. The molecule has 2 N–H and O–H groups in total. The molecule has 0 aromatic heterocycles. The third-order valence-electron chi connectivity index (χ3n) is 1.84. The van der Waals surface area contributed by atoms with Crippen molar-refractivity contribution in [3.63, 3.8) is 0 Å². The summed E-state index contributed by atoms with van der Waals surface area (Å²) in [5.41, 5.74) is 6.79. The Morgan fingerprint density at radius 1 is 1.18 bits per heavy atom. The zero-order chi connectivity index (χ0) is 8.53. The van der Waals surface area contributed by atoms with Crippen LogP contribution >= 0.6 is 0 Å². The van der Waals surface area contributed by atoms with E-state index in [-0.39, 0.29) is 0 Å². The Hall–Kier alpha value is -0.300. The minimum atomic E-state index is 0.834. The summed E-state index contributed by atoms with van der Waals surface area (Å²) in [5, 5.41) is 0. The topological polar surface area (TPSA) is 26.0 Å². The van der Waals surface area contributed by atoms with E-state index >= 15 is 0 Å². The summed E-state index contributed by atoms with van der Waals surface area (Å²) in [4.78, 5) is 0. The van der Waals surface area contributed by atoms with Gasteiger partial charge in [0.05, 0.1) is 0 Å². The monoisotopic (exact) mass is 155 g/mol. The van der Waals surface area contributed by atoms with E-state index < -0.39 is 0 Å². The Labute approximate surface area is 70.7 Å². The molecule has 0 spiro atoms. The summed E-state index contributed by atoms with van der Waals surface area (Å²) in [5.74, 6) is 0. The highest BCUT2D eigenvalue weighted by molar-refractivity contribution is 4.92. The van der Waals surface area contributed by atoms with Gasteiger partial charge in [0.15, 0.2) is 0 Å². The van der Waals surface area contributed by atoms with E-state index in [4.69, 9.17) is 5.73 Å².